The maximum atomic E-state index is 9.72. The van der Waals surface area contributed by atoms with Crippen LogP contribution in [0.25, 0.3) is 0 Å². The van der Waals surface area contributed by atoms with Crippen LogP contribution < -0.4 is 0 Å². The van der Waals surface area contributed by atoms with Crippen molar-refractivity contribution < 1.29 is 5.11 Å². The van der Waals surface area contributed by atoms with Crippen molar-refractivity contribution in [1.29, 1.82) is 0 Å². The van der Waals surface area contributed by atoms with Crippen molar-refractivity contribution in [3.8, 4) is 0 Å². The highest BCUT2D eigenvalue weighted by Crippen LogP contribution is 2.23. The molecule has 0 radical (unpaired) electrons. The van der Waals surface area contributed by atoms with Crippen molar-refractivity contribution in [3.05, 3.63) is 28.6 Å². The van der Waals surface area contributed by atoms with E-state index in [4.69, 9.17) is 11.6 Å². The lowest BCUT2D eigenvalue weighted by Gasteiger charge is -2.07. The summed E-state index contributed by atoms with van der Waals surface area (Å²) >= 11 is 5.85. The standard InChI is InChI=1S/C9H13ClN2O/c1-6(2)4-8(13)9-7(10)5-11-12(9)3/h4-5,8,13H,1-3H3. The Balaban J connectivity index is 3.00. The third-order valence-corrected chi connectivity index (χ3v) is 2.00. The second-order valence-corrected chi connectivity index (χ2v) is 3.60. The molecule has 0 aliphatic heterocycles. The number of aromatic nitrogens is 2. The van der Waals surface area contributed by atoms with Gasteiger partial charge in [0.05, 0.1) is 16.9 Å². The number of nitrogens with zero attached hydrogens (tertiary/aromatic N) is 2. The third-order valence-electron chi connectivity index (χ3n) is 1.71. The van der Waals surface area contributed by atoms with Crippen LogP contribution >= 0.6 is 11.6 Å². The van der Waals surface area contributed by atoms with Gasteiger partial charge in [0.2, 0.25) is 0 Å². The van der Waals surface area contributed by atoms with Crippen molar-refractivity contribution in [2.45, 2.75) is 20.0 Å². The topological polar surface area (TPSA) is 38.1 Å². The summed E-state index contributed by atoms with van der Waals surface area (Å²) in [6, 6.07) is 0. The summed E-state index contributed by atoms with van der Waals surface area (Å²) in [5.41, 5.74) is 1.67. The van der Waals surface area contributed by atoms with E-state index in [0.29, 0.717) is 10.7 Å². The predicted molar refractivity (Wildman–Crippen MR) is 52.6 cm³/mol. The minimum absolute atomic E-state index is 0.493. The Hall–Kier alpha value is -0.800. The van der Waals surface area contributed by atoms with Crippen LogP contribution in [0, 0.1) is 0 Å². The first-order valence-electron chi connectivity index (χ1n) is 4.03. The Morgan fingerprint density at radius 3 is 2.69 bits per heavy atom. The monoisotopic (exact) mass is 200 g/mol. The third kappa shape index (κ3) is 2.32. The maximum absolute atomic E-state index is 9.72. The van der Waals surface area contributed by atoms with Gasteiger partial charge in [-0.3, -0.25) is 4.68 Å². The molecule has 1 heterocycles. The molecule has 0 fully saturated rings. The Labute approximate surface area is 82.6 Å². The molecule has 0 bridgehead atoms. The molecule has 1 atom stereocenters. The molecule has 0 amide bonds. The first-order chi connectivity index (χ1) is 6.02. The molecule has 0 saturated carbocycles. The van der Waals surface area contributed by atoms with Crippen molar-refractivity contribution in [2.75, 3.05) is 0 Å². The summed E-state index contributed by atoms with van der Waals surface area (Å²) in [4.78, 5) is 0. The van der Waals surface area contributed by atoms with Gasteiger partial charge >= 0.3 is 0 Å². The van der Waals surface area contributed by atoms with Crippen LogP contribution in [-0.4, -0.2) is 14.9 Å². The number of aryl methyl sites for hydroxylation is 1. The smallest absolute Gasteiger partial charge is 0.115 e. The van der Waals surface area contributed by atoms with Crippen LogP contribution in [0.4, 0.5) is 0 Å². The van der Waals surface area contributed by atoms with Gasteiger partial charge in [0.1, 0.15) is 6.10 Å². The van der Waals surface area contributed by atoms with Crippen molar-refractivity contribution in [2.24, 2.45) is 7.05 Å². The van der Waals surface area contributed by atoms with Gasteiger partial charge < -0.3 is 5.11 Å². The van der Waals surface area contributed by atoms with Gasteiger partial charge in [-0.15, -0.1) is 0 Å². The number of aliphatic hydroxyl groups is 1. The van der Waals surface area contributed by atoms with Crippen LogP contribution in [0.5, 0.6) is 0 Å². The fourth-order valence-corrected chi connectivity index (χ4v) is 1.43. The fourth-order valence-electron chi connectivity index (χ4n) is 1.15. The van der Waals surface area contributed by atoms with Gasteiger partial charge in [-0.1, -0.05) is 23.3 Å². The Morgan fingerprint density at radius 1 is 1.69 bits per heavy atom. The molecule has 0 saturated heterocycles. The van der Waals surface area contributed by atoms with Crippen molar-refractivity contribution >= 4 is 11.6 Å². The lowest BCUT2D eigenvalue weighted by molar-refractivity contribution is 0.217. The lowest BCUT2D eigenvalue weighted by atomic mass is 10.2. The van der Waals surface area contributed by atoms with Gasteiger partial charge in [-0.2, -0.15) is 5.10 Å². The molecular weight excluding hydrogens is 188 g/mol. The van der Waals surface area contributed by atoms with Gasteiger partial charge in [0, 0.05) is 7.05 Å². The zero-order valence-electron chi connectivity index (χ0n) is 7.95. The zero-order chi connectivity index (χ0) is 10.0. The van der Waals surface area contributed by atoms with Crippen LogP contribution in [0.15, 0.2) is 17.8 Å². The van der Waals surface area contributed by atoms with E-state index < -0.39 is 6.10 Å². The van der Waals surface area contributed by atoms with Crippen molar-refractivity contribution in [1.82, 2.24) is 9.78 Å². The Morgan fingerprint density at radius 2 is 2.31 bits per heavy atom. The molecule has 13 heavy (non-hydrogen) atoms. The second-order valence-electron chi connectivity index (χ2n) is 3.19. The second kappa shape index (κ2) is 3.94. The van der Waals surface area contributed by atoms with Gasteiger partial charge in [-0.05, 0) is 13.8 Å². The molecule has 4 heteroatoms. The van der Waals surface area contributed by atoms with E-state index in [1.165, 1.54) is 6.20 Å². The molecule has 3 nitrogen and oxygen atoms in total. The van der Waals surface area contributed by atoms with E-state index in [1.807, 2.05) is 13.8 Å². The zero-order valence-corrected chi connectivity index (χ0v) is 8.71. The minimum Gasteiger partial charge on any atom is -0.383 e. The summed E-state index contributed by atoms with van der Waals surface area (Å²) in [6.07, 6.45) is 2.59. The average Bonchev–Trinajstić information content (AvgIpc) is 2.29. The molecule has 0 aromatic carbocycles. The average molecular weight is 201 g/mol. The first kappa shape index (κ1) is 10.3. The van der Waals surface area contributed by atoms with E-state index in [9.17, 15) is 5.11 Å². The molecule has 0 spiro atoms. The van der Waals surface area contributed by atoms with E-state index >= 15 is 0 Å². The molecule has 1 rings (SSSR count). The molecule has 1 N–H and O–H groups in total. The molecule has 1 aromatic rings. The van der Waals surface area contributed by atoms with Gasteiger partial charge in [0.25, 0.3) is 0 Å². The molecule has 1 unspecified atom stereocenters. The normalized spacial score (nSPS) is 12.7. The highest BCUT2D eigenvalue weighted by Gasteiger charge is 2.13. The number of hydrogen-bond donors (Lipinski definition) is 1. The summed E-state index contributed by atoms with van der Waals surface area (Å²) < 4.78 is 1.58. The molecule has 0 aliphatic rings. The summed E-state index contributed by atoms with van der Waals surface area (Å²) in [5, 5.41) is 14.2. The largest absolute Gasteiger partial charge is 0.383 e. The SMILES string of the molecule is CC(C)=CC(O)c1c(Cl)cnn1C. The Kier molecular flexibility index (Phi) is 3.12. The number of rotatable bonds is 2. The Bertz CT molecular complexity index is 307. The predicted octanol–water partition coefficient (Wildman–Crippen LogP) is 2.07. The maximum Gasteiger partial charge on any atom is 0.115 e. The first-order valence-corrected chi connectivity index (χ1v) is 4.40. The number of hydrogen-bond acceptors (Lipinski definition) is 2. The molecule has 72 valence electrons. The minimum atomic E-state index is -0.676. The van der Waals surface area contributed by atoms with Gasteiger partial charge in [-0.25, -0.2) is 0 Å². The van der Waals surface area contributed by atoms with E-state index in [2.05, 4.69) is 5.10 Å². The molecule has 1 aromatic heterocycles. The van der Waals surface area contributed by atoms with Crippen LogP contribution in [0.1, 0.15) is 25.6 Å². The fraction of sp³-hybridized carbons (Fsp3) is 0.444. The number of allylic oxidation sites excluding steroid dienone is 1. The van der Waals surface area contributed by atoms with Crippen LogP contribution in [0.3, 0.4) is 0 Å². The van der Waals surface area contributed by atoms with Crippen LogP contribution in [0.2, 0.25) is 5.02 Å². The number of halogens is 1. The van der Waals surface area contributed by atoms with Gasteiger partial charge in [0.15, 0.2) is 0 Å². The van der Waals surface area contributed by atoms with E-state index in [0.717, 1.165) is 5.57 Å². The molecule has 0 aliphatic carbocycles. The number of aliphatic hydroxyl groups excluding tert-OH is 1. The van der Waals surface area contributed by atoms with Crippen molar-refractivity contribution in [3.63, 3.8) is 0 Å². The lowest BCUT2D eigenvalue weighted by Crippen LogP contribution is -2.03. The summed E-state index contributed by atoms with van der Waals surface area (Å²) in [5.74, 6) is 0. The summed E-state index contributed by atoms with van der Waals surface area (Å²) in [7, 11) is 1.75. The highest BCUT2D eigenvalue weighted by molar-refractivity contribution is 6.31. The van der Waals surface area contributed by atoms with E-state index in [1.54, 1.807) is 17.8 Å². The van der Waals surface area contributed by atoms with Crippen LogP contribution in [-0.2, 0) is 7.05 Å². The van der Waals surface area contributed by atoms with E-state index in [-0.39, 0.29) is 0 Å². The molecular formula is C9H13ClN2O. The quantitative estimate of drug-likeness (QED) is 0.743. The summed E-state index contributed by atoms with van der Waals surface area (Å²) in [6.45, 7) is 3.85. The highest BCUT2D eigenvalue weighted by atomic mass is 35.5.